The van der Waals surface area contributed by atoms with Gasteiger partial charge >= 0.3 is 8.25 Å². The van der Waals surface area contributed by atoms with Gasteiger partial charge in [0.2, 0.25) is 0 Å². The number of benzene rings is 2. The van der Waals surface area contributed by atoms with E-state index in [1.54, 1.807) is 6.07 Å². The first-order valence-corrected chi connectivity index (χ1v) is 8.31. The van der Waals surface area contributed by atoms with E-state index in [-0.39, 0.29) is 5.41 Å². The van der Waals surface area contributed by atoms with E-state index in [1.165, 1.54) is 11.1 Å². The summed E-state index contributed by atoms with van der Waals surface area (Å²) in [5.74, 6) is 0.440. The Labute approximate surface area is 126 Å². The number of fused-ring (bicyclic) bond motifs is 3. The predicted octanol–water partition coefficient (Wildman–Crippen LogP) is 4.52. The molecule has 0 radical (unpaired) electrons. The first kappa shape index (κ1) is 13.9. The fourth-order valence-corrected chi connectivity index (χ4v) is 3.54. The highest BCUT2D eigenvalue weighted by Crippen LogP contribution is 2.50. The van der Waals surface area contributed by atoms with Crippen molar-refractivity contribution in [3.8, 4) is 16.9 Å². The van der Waals surface area contributed by atoms with Crippen LogP contribution in [0.4, 0.5) is 0 Å². The van der Waals surface area contributed by atoms with E-state index >= 15 is 0 Å². The highest BCUT2D eigenvalue weighted by Gasteiger charge is 2.35. The lowest BCUT2D eigenvalue weighted by Gasteiger charge is -2.21. The van der Waals surface area contributed by atoms with E-state index in [2.05, 4.69) is 41.9 Å². The van der Waals surface area contributed by atoms with Gasteiger partial charge < -0.3 is 9.42 Å². The molecule has 1 atom stereocenters. The van der Waals surface area contributed by atoms with Crippen molar-refractivity contribution in [3.63, 3.8) is 0 Å². The zero-order chi connectivity index (χ0) is 14.5. The SMILES string of the molecule is CC1(C)c2cc(Br)ccc2-c2ccc(O[PH](=O)O)cc21. The molecule has 104 valence electrons. The van der Waals surface area contributed by atoms with E-state index in [4.69, 9.17) is 9.42 Å². The third-order valence-electron chi connectivity index (χ3n) is 3.81. The molecule has 0 bridgehead atoms. The number of halogens is 1. The van der Waals surface area contributed by atoms with Crippen molar-refractivity contribution in [2.45, 2.75) is 19.3 Å². The Morgan fingerprint density at radius 1 is 1.10 bits per heavy atom. The van der Waals surface area contributed by atoms with Gasteiger partial charge in [0, 0.05) is 9.89 Å². The Kier molecular flexibility index (Phi) is 3.28. The monoisotopic (exact) mass is 352 g/mol. The summed E-state index contributed by atoms with van der Waals surface area (Å²) < 4.78 is 16.8. The molecule has 0 aromatic heterocycles. The molecule has 3 nitrogen and oxygen atoms in total. The molecular weight excluding hydrogens is 339 g/mol. The standard InChI is InChI=1S/C15H14BrO3P/c1-15(2)13-7-9(16)3-5-11(13)12-6-4-10(8-14(12)15)19-20(17)18/h3-8,20H,1-2H3,(H,17,18). The molecule has 5 heteroatoms. The van der Waals surface area contributed by atoms with Gasteiger partial charge in [-0.3, -0.25) is 0 Å². The number of hydrogen-bond donors (Lipinski definition) is 1. The Morgan fingerprint density at radius 3 is 2.35 bits per heavy atom. The molecule has 0 spiro atoms. The maximum Gasteiger partial charge on any atom is 0.365 e. The average molecular weight is 353 g/mol. The zero-order valence-electron chi connectivity index (χ0n) is 11.1. The lowest BCUT2D eigenvalue weighted by atomic mass is 9.82. The molecule has 0 saturated carbocycles. The van der Waals surface area contributed by atoms with E-state index in [9.17, 15) is 4.57 Å². The van der Waals surface area contributed by atoms with Gasteiger partial charge in [0.05, 0.1) is 0 Å². The second-order valence-corrected chi connectivity index (χ2v) is 7.04. The lowest BCUT2D eigenvalue weighted by molar-refractivity contribution is 0.410. The van der Waals surface area contributed by atoms with Gasteiger partial charge in [0.25, 0.3) is 0 Å². The fraction of sp³-hybridized carbons (Fsp3) is 0.200. The molecule has 2 aromatic rings. The van der Waals surface area contributed by atoms with Crippen LogP contribution in [0.3, 0.4) is 0 Å². The maximum absolute atomic E-state index is 10.8. The van der Waals surface area contributed by atoms with Crippen LogP contribution in [0.25, 0.3) is 11.1 Å². The minimum atomic E-state index is -2.97. The smallest absolute Gasteiger partial charge is 0.365 e. The van der Waals surface area contributed by atoms with Gasteiger partial charge in [-0.1, -0.05) is 41.9 Å². The van der Waals surface area contributed by atoms with Crippen LogP contribution in [-0.2, 0) is 9.98 Å². The van der Waals surface area contributed by atoms with Gasteiger partial charge in [0.15, 0.2) is 0 Å². The summed E-state index contributed by atoms with van der Waals surface area (Å²) in [6, 6.07) is 11.8. The first-order chi connectivity index (χ1) is 9.39. The molecule has 0 fully saturated rings. The second-order valence-electron chi connectivity index (χ2n) is 5.39. The number of rotatable bonds is 2. The van der Waals surface area contributed by atoms with Crippen LogP contribution in [0, 0.1) is 0 Å². The minimum absolute atomic E-state index is 0.154. The molecule has 0 amide bonds. The molecule has 1 aliphatic carbocycles. The van der Waals surface area contributed by atoms with Crippen molar-refractivity contribution in [2.75, 3.05) is 0 Å². The third-order valence-corrected chi connectivity index (χ3v) is 4.72. The fourth-order valence-electron chi connectivity index (χ4n) is 2.85. The maximum atomic E-state index is 10.8. The highest BCUT2D eigenvalue weighted by molar-refractivity contribution is 9.10. The van der Waals surface area contributed by atoms with Crippen LogP contribution in [-0.4, -0.2) is 4.89 Å². The molecule has 0 aliphatic heterocycles. The topological polar surface area (TPSA) is 46.5 Å². The lowest BCUT2D eigenvalue weighted by Crippen LogP contribution is -2.14. The average Bonchev–Trinajstić information content (AvgIpc) is 2.58. The molecule has 0 heterocycles. The summed E-state index contributed by atoms with van der Waals surface area (Å²) in [5.41, 5.74) is 4.57. The van der Waals surface area contributed by atoms with Crippen LogP contribution in [0.2, 0.25) is 0 Å². The van der Waals surface area contributed by atoms with E-state index in [0.717, 1.165) is 15.6 Å². The molecule has 2 aromatic carbocycles. The quantitative estimate of drug-likeness (QED) is 0.808. The molecular formula is C15H14BrO3P. The molecule has 0 saturated heterocycles. The van der Waals surface area contributed by atoms with Gasteiger partial charge in [-0.05, 0) is 46.5 Å². The van der Waals surface area contributed by atoms with Crippen molar-refractivity contribution in [1.29, 1.82) is 0 Å². The molecule has 1 aliphatic rings. The van der Waals surface area contributed by atoms with Crippen molar-refractivity contribution in [3.05, 3.63) is 52.0 Å². The first-order valence-electron chi connectivity index (χ1n) is 6.25. The largest absolute Gasteiger partial charge is 0.426 e. The Morgan fingerprint density at radius 2 is 1.70 bits per heavy atom. The van der Waals surface area contributed by atoms with Crippen molar-refractivity contribution >= 4 is 24.2 Å². The van der Waals surface area contributed by atoms with Crippen LogP contribution < -0.4 is 4.52 Å². The van der Waals surface area contributed by atoms with Crippen LogP contribution in [0.1, 0.15) is 25.0 Å². The second kappa shape index (κ2) is 4.73. The van der Waals surface area contributed by atoms with Gasteiger partial charge in [-0.25, -0.2) is 4.57 Å². The van der Waals surface area contributed by atoms with Crippen LogP contribution >= 0.6 is 24.2 Å². The van der Waals surface area contributed by atoms with Gasteiger partial charge in [-0.2, -0.15) is 0 Å². The van der Waals surface area contributed by atoms with Crippen molar-refractivity contribution in [2.24, 2.45) is 0 Å². The van der Waals surface area contributed by atoms with E-state index in [1.807, 2.05) is 18.2 Å². The van der Waals surface area contributed by atoms with E-state index in [0.29, 0.717) is 5.75 Å². The molecule has 20 heavy (non-hydrogen) atoms. The van der Waals surface area contributed by atoms with Crippen LogP contribution in [0.15, 0.2) is 40.9 Å². The Hall–Kier alpha value is -1.09. The van der Waals surface area contributed by atoms with Crippen molar-refractivity contribution in [1.82, 2.24) is 0 Å². The van der Waals surface area contributed by atoms with Gasteiger partial charge in [-0.15, -0.1) is 0 Å². The summed E-state index contributed by atoms with van der Waals surface area (Å²) in [6.07, 6.45) is 0. The van der Waals surface area contributed by atoms with Gasteiger partial charge in [0.1, 0.15) is 5.75 Å². The highest BCUT2D eigenvalue weighted by atomic mass is 79.9. The summed E-state index contributed by atoms with van der Waals surface area (Å²) in [7, 11) is -2.97. The summed E-state index contributed by atoms with van der Waals surface area (Å²) >= 11 is 3.51. The third kappa shape index (κ3) is 2.12. The van der Waals surface area contributed by atoms with Crippen molar-refractivity contribution < 1.29 is 14.0 Å². The minimum Gasteiger partial charge on any atom is -0.426 e. The zero-order valence-corrected chi connectivity index (χ0v) is 13.7. The molecule has 1 unspecified atom stereocenters. The summed E-state index contributed by atoms with van der Waals surface area (Å²) in [5, 5.41) is 0. The van der Waals surface area contributed by atoms with E-state index < -0.39 is 8.25 Å². The summed E-state index contributed by atoms with van der Waals surface area (Å²) in [4.78, 5) is 8.91. The summed E-state index contributed by atoms with van der Waals surface area (Å²) in [6.45, 7) is 4.30. The molecule has 1 N–H and O–H groups in total. The predicted molar refractivity (Wildman–Crippen MR) is 83.6 cm³/mol. The van der Waals surface area contributed by atoms with Crippen LogP contribution in [0.5, 0.6) is 5.75 Å². The Bertz CT molecular complexity index is 725. The molecule has 3 rings (SSSR count). The Balaban J connectivity index is 2.19. The normalized spacial score (nSPS) is 16.4. The number of hydrogen-bond acceptors (Lipinski definition) is 2.